The maximum atomic E-state index is 11.7. The van der Waals surface area contributed by atoms with Crippen LogP contribution in [0.5, 0.6) is 0 Å². The summed E-state index contributed by atoms with van der Waals surface area (Å²) in [6, 6.07) is 6.16. The third-order valence-corrected chi connectivity index (χ3v) is 2.21. The van der Waals surface area contributed by atoms with Crippen LogP contribution in [0.15, 0.2) is 24.3 Å². The normalized spacial score (nSPS) is 21.1. The number of rotatable bonds is 0. The molecule has 1 amide bonds. The van der Waals surface area contributed by atoms with Crippen molar-refractivity contribution in [3.05, 3.63) is 29.8 Å². The Morgan fingerprint density at radius 3 is 2.79 bits per heavy atom. The largest absolute Gasteiger partial charge is 0.325 e. The van der Waals surface area contributed by atoms with Gasteiger partial charge in [0.25, 0.3) is 0 Å². The summed E-state index contributed by atoms with van der Waals surface area (Å²) in [5.41, 5.74) is 6.62. The van der Waals surface area contributed by atoms with Crippen LogP contribution in [0.2, 0.25) is 0 Å². The number of ketones is 1. The van der Waals surface area contributed by atoms with Gasteiger partial charge in [-0.05, 0) is 12.1 Å². The second-order valence-corrected chi connectivity index (χ2v) is 3.27. The van der Waals surface area contributed by atoms with Crippen LogP contribution < -0.4 is 11.1 Å². The van der Waals surface area contributed by atoms with E-state index in [1.165, 1.54) is 0 Å². The highest BCUT2D eigenvalue weighted by Crippen LogP contribution is 2.20. The molecular weight excluding hydrogens is 180 g/mol. The summed E-state index contributed by atoms with van der Waals surface area (Å²) in [6.07, 6.45) is 0.0491. The van der Waals surface area contributed by atoms with Gasteiger partial charge in [0.05, 0.1) is 11.7 Å². The Morgan fingerprint density at radius 1 is 1.29 bits per heavy atom. The number of fused-ring (bicyclic) bond motifs is 1. The molecule has 14 heavy (non-hydrogen) atoms. The van der Waals surface area contributed by atoms with E-state index < -0.39 is 6.04 Å². The molecule has 3 N–H and O–H groups in total. The lowest BCUT2D eigenvalue weighted by molar-refractivity contribution is -0.116. The van der Waals surface area contributed by atoms with Gasteiger partial charge < -0.3 is 11.1 Å². The summed E-state index contributed by atoms with van der Waals surface area (Å²) in [5.74, 6) is -0.394. The van der Waals surface area contributed by atoms with Crippen LogP contribution in [0, 0.1) is 0 Å². The molecule has 1 aromatic rings. The van der Waals surface area contributed by atoms with E-state index in [4.69, 9.17) is 5.73 Å². The Morgan fingerprint density at radius 2 is 2.00 bits per heavy atom. The smallest absolute Gasteiger partial charge is 0.226 e. The molecule has 1 unspecified atom stereocenters. The third kappa shape index (κ3) is 1.40. The lowest BCUT2D eigenvalue weighted by Gasteiger charge is -2.05. The molecule has 1 aromatic carbocycles. The average Bonchev–Trinajstić information content (AvgIpc) is 2.26. The summed E-state index contributed by atoms with van der Waals surface area (Å²) < 4.78 is 0. The Hall–Kier alpha value is -1.68. The first kappa shape index (κ1) is 8.90. The molecule has 4 nitrogen and oxygen atoms in total. The first-order valence-electron chi connectivity index (χ1n) is 4.37. The van der Waals surface area contributed by atoms with Gasteiger partial charge >= 0.3 is 0 Å². The number of anilines is 1. The quantitative estimate of drug-likeness (QED) is 0.627. The highest BCUT2D eigenvalue weighted by atomic mass is 16.2. The number of hydrogen-bond donors (Lipinski definition) is 2. The Bertz CT molecular complexity index is 401. The first-order chi connectivity index (χ1) is 6.68. The molecule has 1 aliphatic rings. The molecule has 1 atom stereocenters. The summed E-state index contributed by atoms with van der Waals surface area (Å²) >= 11 is 0. The van der Waals surface area contributed by atoms with Crippen LogP contribution in [0.3, 0.4) is 0 Å². The molecule has 0 saturated heterocycles. The average molecular weight is 190 g/mol. The zero-order valence-electron chi connectivity index (χ0n) is 7.49. The number of carbonyl (C=O) groups is 2. The van der Waals surface area contributed by atoms with Crippen molar-refractivity contribution in [1.29, 1.82) is 0 Å². The lowest BCUT2D eigenvalue weighted by Crippen LogP contribution is -2.31. The number of benzene rings is 1. The van der Waals surface area contributed by atoms with Crippen LogP contribution in [0.25, 0.3) is 0 Å². The number of amides is 1. The van der Waals surface area contributed by atoms with Gasteiger partial charge in [0, 0.05) is 12.0 Å². The molecule has 72 valence electrons. The lowest BCUT2D eigenvalue weighted by atomic mass is 10.0. The fourth-order valence-corrected chi connectivity index (χ4v) is 1.50. The molecule has 1 heterocycles. The number of Topliss-reactive ketones (excluding diaryl/α,β-unsaturated/α-hetero) is 1. The van der Waals surface area contributed by atoms with Crippen molar-refractivity contribution < 1.29 is 9.59 Å². The van der Waals surface area contributed by atoms with E-state index in [1.807, 2.05) is 0 Å². The minimum atomic E-state index is -0.723. The van der Waals surface area contributed by atoms with Crippen LogP contribution in [-0.4, -0.2) is 17.7 Å². The van der Waals surface area contributed by atoms with Gasteiger partial charge in [-0.25, -0.2) is 0 Å². The molecule has 0 radical (unpaired) electrons. The predicted octanol–water partition coefficient (Wildman–Crippen LogP) is 0.539. The Kier molecular flexibility index (Phi) is 2.05. The van der Waals surface area contributed by atoms with E-state index in [0.29, 0.717) is 11.3 Å². The van der Waals surface area contributed by atoms with E-state index in [0.717, 1.165) is 0 Å². The van der Waals surface area contributed by atoms with E-state index >= 15 is 0 Å². The van der Waals surface area contributed by atoms with Crippen molar-refractivity contribution in [1.82, 2.24) is 0 Å². The number of para-hydroxylation sites is 1. The second-order valence-electron chi connectivity index (χ2n) is 3.27. The van der Waals surface area contributed by atoms with Crippen LogP contribution >= 0.6 is 0 Å². The molecular formula is C10H10N2O2. The minimum Gasteiger partial charge on any atom is -0.325 e. The second kappa shape index (κ2) is 3.23. The summed E-state index contributed by atoms with van der Waals surface area (Å²) in [4.78, 5) is 22.9. The minimum absolute atomic E-state index is 0.0491. The Balaban J connectivity index is 2.52. The topological polar surface area (TPSA) is 72.2 Å². The summed E-state index contributed by atoms with van der Waals surface area (Å²) in [7, 11) is 0. The monoisotopic (exact) mass is 190 g/mol. The fraction of sp³-hybridized carbons (Fsp3) is 0.200. The van der Waals surface area contributed by atoms with E-state index in [-0.39, 0.29) is 18.1 Å². The van der Waals surface area contributed by atoms with Crippen LogP contribution in [0.4, 0.5) is 5.69 Å². The van der Waals surface area contributed by atoms with E-state index in [2.05, 4.69) is 5.32 Å². The fourth-order valence-electron chi connectivity index (χ4n) is 1.50. The van der Waals surface area contributed by atoms with Gasteiger partial charge in [-0.3, -0.25) is 9.59 Å². The van der Waals surface area contributed by atoms with Crippen molar-refractivity contribution in [3.8, 4) is 0 Å². The molecule has 0 bridgehead atoms. The van der Waals surface area contributed by atoms with Crippen molar-refractivity contribution in [2.24, 2.45) is 5.73 Å². The molecule has 2 rings (SSSR count). The number of carbonyl (C=O) groups excluding carboxylic acids is 2. The molecule has 0 fully saturated rings. The molecule has 0 spiro atoms. The van der Waals surface area contributed by atoms with Crippen molar-refractivity contribution >= 4 is 17.4 Å². The van der Waals surface area contributed by atoms with Crippen LogP contribution in [0.1, 0.15) is 16.8 Å². The van der Waals surface area contributed by atoms with E-state index in [9.17, 15) is 9.59 Å². The zero-order valence-corrected chi connectivity index (χ0v) is 7.49. The molecule has 0 saturated carbocycles. The van der Waals surface area contributed by atoms with Crippen molar-refractivity contribution in [2.75, 3.05) is 5.32 Å². The van der Waals surface area contributed by atoms with E-state index in [1.54, 1.807) is 24.3 Å². The van der Waals surface area contributed by atoms with Crippen molar-refractivity contribution in [2.45, 2.75) is 12.5 Å². The number of nitrogens with two attached hydrogens (primary N) is 1. The van der Waals surface area contributed by atoms with Gasteiger partial charge in [-0.1, -0.05) is 12.1 Å². The predicted molar refractivity (Wildman–Crippen MR) is 52.0 cm³/mol. The summed E-state index contributed by atoms with van der Waals surface area (Å²) in [5, 5.41) is 2.64. The summed E-state index contributed by atoms with van der Waals surface area (Å²) in [6.45, 7) is 0. The zero-order chi connectivity index (χ0) is 10.1. The highest BCUT2D eigenvalue weighted by Gasteiger charge is 2.25. The van der Waals surface area contributed by atoms with Gasteiger partial charge in [-0.2, -0.15) is 0 Å². The van der Waals surface area contributed by atoms with Gasteiger partial charge in [0.15, 0.2) is 5.78 Å². The Labute approximate surface area is 81.1 Å². The first-order valence-corrected chi connectivity index (χ1v) is 4.37. The highest BCUT2D eigenvalue weighted by molar-refractivity contribution is 6.11. The maximum Gasteiger partial charge on any atom is 0.226 e. The molecule has 0 aliphatic carbocycles. The molecule has 4 heteroatoms. The molecule has 1 aliphatic heterocycles. The van der Waals surface area contributed by atoms with Crippen molar-refractivity contribution in [3.63, 3.8) is 0 Å². The third-order valence-electron chi connectivity index (χ3n) is 2.21. The van der Waals surface area contributed by atoms with Gasteiger partial charge in [-0.15, -0.1) is 0 Å². The standard InChI is InChI=1S/C10H10N2O2/c11-7-5-9(13)12-8-4-2-1-3-6(8)10(7)14/h1-4,7H,5,11H2,(H,12,13). The maximum absolute atomic E-state index is 11.7. The number of hydrogen-bond acceptors (Lipinski definition) is 3. The molecule has 0 aromatic heterocycles. The number of nitrogens with one attached hydrogen (secondary N) is 1. The SMILES string of the molecule is NC1CC(=O)Nc2ccccc2C1=O. The van der Waals surface area contributed by atoms with Gasteiger partial charge in [0.2, 0.25) is 5.91 Å². The van der Waals surface area contributed by atoms with Gasteiger partial charge in [0.1, 0.15) is 0 Å². The van der Waals surface area contributed by atoms with Crippen LogP contribution in [-0.2, 0) is 4.79 Å².